The van der Waals surface area contributed by atoms with Gasteiger partial charge in [0.05, 0.1) is 0 Å². The lowest BCUT2D eigenvalue weighted by Crippen LogP contribution is -2.31. The molecule has 5 nitrogen and oxygen atoms in total. The Morgan fingerprint density at radius 1 is 1.22 bits per heavy atom. The molecule has 1 rings (SSSR count). The fraction of sp³-hybridized carbons (Fsp3) is 0.692. The molecule has 0 bridgehead atoms. The van der Waals surface area contributed by atoms with Crippen LogP contribution in [0.2, 0.25) is 0 Å². The number of nitrogens with zero attached hydrogens (tertiary/aromatic N) is 2. The van der Waals surface area contributed by atoms with Crippen LogP contribution >= 0.6 is 0 Å². The summed E-state index contributed by atoms with van der Waals surface area (Å²) in [4.78, 5) is 9.02. The van der Waals surface area contributed by atoms with Crippen LogP contribution in [0.5, 0.6) is 0 Å². The van der Waals surface area contributed by atoms with Crippen LogP contribution in [0.4, 0.5) is 11.6 Å². The first kappa shape index (κ1) is 14.7. The average Bonchev–Trinajstić information content (AvgIpc) is 2.31. The maximum atomic E-state index is 5.52. The van der Waals surface area contributed by atoms with Gasteiger partial charge in [-0.05, 0) is 27.2 Å². The van der Waals surface area contributed by atoms with E-state index >= 15 is 0 Å². The number of nitrogens with one attached hydrogen (secondary N) is 2. The summed E-state index contributed by atoms with van der Waals surface area (Å²) in [5, 5.41) is 3.46. The lowest BCUT2D eigenvalue weighted by molar-refractivity contribution is 0.543. The smallest absolute Gasteiger partial charge is 0.148 e. The van der Waals surface area contributed by atoms with Crippen LogP contribution in [-0.4, -0.2) is 15.5 Å². The van der Waals surface area contributed by atoms with Crippen molar-refractivity contribution in [3.05, 3.63) is 11.4 Å². The van der Waals surface area contributed by atoms with E-state index in [0.29, 0.717) is 5.82 Å². The molecule has 0 aliphatic heterocycles. The molecule has 0 atom stereocenters. The molecule has 0 saturated carbocycles. The standard InChI is InChI=1S/C13H25N5/c1-7-13(5,6)17-11-9(4)12(18-14)16-10(15-11)8(2)3/h8H,7,14H2,1-6H3,(H2,15,16,17,18). The van der Waals surface area contributed by atoms with Crippen LogP contribution in [0.1, 0.15) is 58.3 Å². The summed E-state index contributed by atoms with van der Waals surface area (Å²) in [5.74, 6) is 8.12. The van der Waals surface area contributed by atoms with Gasteiger partial charge in [-0.3, -0.25) is 0 Å². The van der Waals surface area contributed by atoms with Gasteiger partial charge in [-0.15, -0.1) is 0 Å². The first-order valence-corrected chi connectivity index (χ1v) is 6.44. The van der Waals surface area contributed by atoms with E-state index in [1.807, 2.05) is 6.92 Å². The third-order valence-corrected chi connectivity index (χ3v) is 3.16. The lowest BCUT2D eigenvalue weighted by atomic mass is 10.0. The minimum Gasteiger partial charge on any atom is -0.365 e. The van der Waals surface area contributed by atoms with Gasteiger partial charge in [-0.2, -0.15) is 0 Å². The Balaban J connectivity index is 3.21. The Hall–Kier alpha value is -1.36. The summed E-state index contributed by atoms with van der Waals surface area (Å²) in [5.41, 5.74) is 3.59. The number of hydrazine groups is 1. The van der Waals surface area contributed by atoms with Gasteiger partial charge in [-0.1, -0.05) is 20.8 Å². The molecule has 0 aliphatic rings. The van der Waals surface area contributed by atoms with E-state index in [-0.39, 0.29) is 11.5 Å². The van der Waals surface area contributed by atoms with E-state index in [0.717, 1.165) is 23.6 Å². The van der Waals surface area contributed by atoms with Gasteiger partial charge < -0.3 is 10.7 Å². The lowest BCUT2D eigenvalue weighted by Gasteiger charge is -2.27. The highest BCUT2D eigenvalue weighted by atomic mass is 15.3. The first-order chi connectivity index (χ1) is 8.30. The summed E-state index contributed by atoms with van der Waals surface area (Å²) in [6.07, 6.45) is 1.01. The van der Waals surface area contributed by atoms with Crippen LogP contribution in [0.3, 0.4) is 0 Å². The van der Waals surface area contributed by atoms with Crippen molar-refractivity contribution in [3.63, 3.8) is 0 Å². The van der Waals surface area contributed by atoms with E-state index in [1.165, 1.54) is 0 Å². The van der Waals surface area contributed by atoms with Crippen molar-refractivity contribution in [2.24, 2.45) is 5.84 Å². The predicted molar refractivity (Wildman–Crippen MR) is 76.7 cm³/mol. The molecule has 0 aromatic carbocycles. The Morgan fingerprint density at radius 3 is 2.22 bits per heavy atom. The van der Waals surface area contributed by atoms with Crippen molar-refractivity contribution in [1.29, 1.82) is 0 Å². The average molecular weight is 251 g/mol. The predicted octanol–water partition coefficient (Wildman–Crippen LogP) is 2.79. The van der Waals surface area contributed by atoms with Gasteiger partial charge in [0.1, 0.15) is 17.5 Å². The third-order valence-electron chi connectivity index (χ3n) is 3.16. The van der Waals surface area contributed by atoms with Gasteiger partial charge in [0.2, 0.25) is 0 Å². The molecule has 1 aromatic heterocycles. The summed E-state index contributed by atoms with van der Waals surface area (Å²) in [7, 11) is 0. The van der Waals surface area contributed by atoms with Gasteiger partial charge in [0.25, 0.3) is 0 Å². The molecule has 0 spiro atoms. The number of anilines is 2. The summed E-state index contributed by atoms with van der Waals surface area (Å²) >= 11 is 0. The number of nitrogen functional groups attached to an aromatic ring is 1. The molecule has 1 heterocycles. The topological polar surface area (TPSA) is 75.9 Å². The number of nitrogens with two attached hydrogens (primary N) is 1. The highest BCUT2D eigenvalue weighted by Crippen LogP contribution is 2.25. The van der Waals surface area contributed by atoms with Crippen LogP contribution in [0.15, 0.2) is 0 Å². The molecular formula is C13H25N5. The molecule has 0 amide bonds. The zero-order valence-corrected chi connectivity index (χ0v) is 12.3. The zero-order valence-electron chi connectivity index (χ0n) is 12.3. The van der Waals surface area contributed by atoms with E-state index in [1.54, 1.807) is 0 Å². The Kier molecular flexibility index (Phi) is 4.51. The monoisotopic (exact) mass is 251 g/mol. The molecule has 0 radical (unpaired) electrons. The van der Waals surface area contributed by atoms with Crippen molar-refractivity contribution < 1.29 is 0 Å². The van der Waals surface area contributed by atoms with Gasteiger partial charge in [0, 0.05) is 17.0 Å². The molecule has 102 valence electrons. The number of aromatic nitrogens is 2. The number of rotatable bonds is 5. The SMILES string of the molecule is CCC(C)(C)Nc1nc(C(C)C)nc(NN)c1C. The second-order valence-corrected chi connectivity index (χ2v) is 5.57. The summed E-state index contributed by atoms with van der Waals surface area (Å²) < 4.78 is 0. The number of hydrogen-bond acceptors (Lipinski definition) is 5. The normalized spacial score (nSPS) is 11.8. The molecule has 1 aromatic rings. The fourth-order valence-electron chi connectivity index (χ4n) is 1.46. The van der Waals surface area contributed by atoms with Crippen molar-refractivity contribution >= 4 is 11.6 Å². The van der Waals surface area contributed by atoms with Crippen molar-refractivity contribution in [2.75, 3.05) is 10.7 Å². The largest absolute Gasteiger partial charge is 0.365 e. The van der Waals surface area contributed by atoms with Crippen LogP contribution < -0.4 is 16.6 Å². The molecule has 0 saturated heterocycles. The summed E-state index contributed by atoms with van der Waals surface area (Å²) in [6.45, 7) is 12.6. The molecule has 5 heteroatoms. The highest BCUT2D eigenvalue weighted by molar-refractivity contribution is 5.57. The third kappa shape index (κ3) is 3.32. The molecule has 0 unspecified atom stereocenters. The molecule has 0 aliphatic carbocycles. The Bertz CT molecular complexity index is 412. The van der Waals surface area contributed by atoms with Crippen LogP contribution in [-0.2, 0) is 0 Å². The van der Waals surface area contributed by atoms with E-state index in [4.69, 9.17) is 5.84 Å². The van der Waals surface area contributed by atoms with Gasteiger partial charge in [0.15, 0.2) is 0 Å². The minimum absolute atomic E-state index is 0.000762. The fourth-order valence-corrected chi connectivity index (χ4v) is 1.46. The van der Waals surface area contributed by atoms with Crippen LogP contribution in [0, 0.1) is 6.92 Å². The number of hydrogen-bond donors (Lipinski definition) is 3. The van der Waals surface area contributed by atoms with Crippen molar-refractivity contribution in [1.82, 2.24) is 9.97 Å². The van der Waals surface area contributed by atoms with Crippen LogP contribution in [0.25, 0.3) is 0 Å². The second kappa shape index (κ2) is 5.52. The minimum atomic E-state index is -0.000762. The van der Waals surface area contributed by atoms with Gasteiger partial charge in [-0.25, -0.2) is 15.8 Å². The molecular weight excluding hydrogens is 226 g/mol. The maximum absolute atomic E-state index is 5.52. The Labute approximate surface area is 110 Å². The molecule has 0 fully saturated rings. The second-order valence-electron chi connectivity index (χ2n) is 5.57. The van der Waals surface area contributed by atoms with Crippen molar-refractivity contribution in [2.45, 2.75) is 59.4 Å². The summed E-state index contributed by atoms with van der Waals surface area (Å²) in [6, 6.07) is 0. The molecule has 4 N–H and O–H groups in total. The Morgan fingerprint density at radius 2 is 1.78 bits per heavy atom. The maximum Gasteiger partial charge on any atom is 0.148 e. The zero-order chi connectivity index (χ0) is 13.9. The first-order valence-electron chi connectivity index (χ1n) is 6.44. The van der Waals surface area contributed by atoms with E-state index in [9.17, 15) is 0 Å². The van der Waals surface area contributed by atoms with Gasteiger partial charge >= 0.3 is 0 Å². The van der Waals surface area contributed by atoms with E-state index < -0.39 is 0 Å². The van der Waals surface area contributed by atoms with Crippen molar-refractivity contribution in [3.8, 4) is 0 Å². The quantitative estimate of drug-likeness (QED) is 0.554. The molecule has 18 heavy (non-hydrogen) atoms. The highest BCUT2D eigenvalue weighted by Gasteiger charge is 2.19. The van der Waals surface area contributed by atoms with E-state index in [2.05, 4.69) is 55.3 Å².